The summed E-state index contributed by atoms with van der Waals surface area (Å²) in [7, 11) is -3.55. The van der Waals surface area contributed by atoms with E-state index in [0.29, 0.717) is 15.6 Å². The second-order valence-electron chi connectivity index (χ2n) is 10.6. The van der Waals surface area contributed by atoms with Crippen LogP contribution in [0.3, 0.4) is 0 Å². The number of carbonyl (C=O) groups is 1. The van der Waals surface area contributed by atoms with Gasteiger partial charge in [0.1, 0.15) is 5.54 Å². The van der Waals surface area contributed by atoms with Gasteiger partial charge in [0.2, 0.25) is 7.29 Å². The van der Waals surface area contributed by atoms with Crippen LogP contribution in [0, 0.1) is 0 Å². The SMILES string of the molecule is C[C@]1(c2ccc(Cl)cc2)[C@H](C(=O)OC(c2ccccc2)c2ccccc2)N=CN1P(=O)(c1ccccc1)c1ccccc1. The molecule has 1 aliphatic heterocycles. The van der Waals surface area contributed by atoms with Crippen LogP contribution in [0.4, 0.5) is 0 Å². The lowest BCUT2D eigenvalue weighted by Crippen LogP contribution is -2.50. The molecule has 0 radical (unpaired) electrons. The summed E-state index contributed by atoms with van der Waals surface area (Å²) < 4.78 is 23.7. The summed E-state index contributed by atoms with van der Waals surface area (Å²) >= 11 is 6.29. The maximum atomic E-state index is 15.6. The van der Waals surface area contributed by atoms with Crippen molar-refractivity contribution >= 4 is 41.8 Å². The molecule has 0 bridgehead atoms. The fourth-order valence-corrected chi connectivity index (χ4v) is 8.77. The molecule has 1 aliphatic rings. The van der Waals surface area contributed by atoms with Gasteiger partial charge in [-0.3, -0.25) is 14.2 Å². The molecular weight excluding hydrogens is 575 g/mol. The lowest BCUT2D eigenvalue weighted by molar-refractivity contribution is -0.151. The molecule has 0 aliphatic carbocycles. The molecule has 6 rings (SSSR count). The summed E-state index contributed by atoms with van der Waals surface area (Å²) in [5.41, 5.74) is 1.24. The second-order valence-corrected chi connectivity index (χ2v) is 13.6. The van der Waals surface area contributed by atoms with Crippen LogP contribution < -0.4 is 10.6 Å². The smallest absolute Gasteiger partial charge is 0.334 e. The molecule has 214 valence electrons. The Labute approximate surface area is 256 Å². The molecule has 2 atom stereocenters. The third kappa shape index (κ3) is 5.31. The highest BCUT2D eigenvalue weighted by molar-refractivity contribution is 7.77. The first-order valence-electron chi connectivity index (χ1n) is 14.0. The molecule has 43 heavy (non-hydrogen) atoms. The zero-order valence-corrected chi connectivity index (χ0v) is 25.2. The second kappa shape index (κ2) is 12.0. The van der Waals surface area contributed by atoms with Gasteiger partial charge in [0.15, 0.2) is 12.1 Å². The number of hydrogen-bond acceptors (Lipinski definition) is 4. The zero-order chi connectivity index (χ0) is 29.9. The van der Waals surface area contributed by atoms with E-state index in [2.05, 4.69) is 0 Å². The fraction of sp³-hybridized carbons (Fsp3) is 0.111. The van der Waals surface area contributed by atoms with Crippen LogP contribution in [0.1, 0.15) is 29.7 Å². The van der Waals surface area contributed by atoms with Gasteiger partial charge in [0, 0.05) is 15.6 Å². The molecule has 0 unspecified atom stereocenters. The van der Waals surface area contributed by atoms with E-state index in [4.69, 9.17) is 21.3 Å². The number of nitrogens with zero attached hydrogens (tertiary/aromatic N) is 2. The van der Waals surface area contributed by atoms with Crippen LogP contribution in [0.5, 0.6) is 0 Å². The van der Waals surface area contributed by atoms with Crippen molar-refractivity contribution in [2.75, 3.05) is 0 Å². The molecule has 5 aromatic rings. The summed E-state index contributed by atoms with van der Waals surface area (Å²) in [6, 6.07) is 44.2. The van der Waals surface area contributed by atoms with Crippen LogP contribution in [0.15, 0.2) is 151 Å². The molecule has 0 N–H and O–H groups in total. The van der Waals surface area contributed by atoms with Gasteiger partial charge in [0.05, 0.1) is 6.34 Å². The van der Waals surface area contributed by atoms with Crippen molar-refractivity contribution < 1.29 is 14.1 Å². The molecule has 5 nitrogen and oxygen atoms in total. The summed E-state index contributed by atoms with van der Waals surface area (Å²) in [6.07, 6.45) is 0.908. The summed E-state index contributed by atoms with van der Waals surface area (Å²) in [5, 5.41) is 1.82. The predicted octanol–water partition coefficient (Wildman–Crippen LogP) is 7.53. The minimum Gasteiger partial charge on any atom is -0.451 e. The molecule has 7 heteroatoms. The minimum atomic E-state index is -3.55. The highest BCUT2D eigenvalue weighted by Gasteiger charge is 2.55. The van der Waals surface area contributed by atoms with Gasteiger partial charge in [-0.15, -0.1) is 0 Å². The highest BCUT2D eigenvalue weighted by atomic mass is 35.5. The number of esters is 1. The van der Waals surface area contributed by atoms with E-state index in [1.807, 2.05) is 140 Å². The van der Waals surface area contributed by atoms with Crippen molar-refractivity contribution in [2.45, 2.75) is 24.6 Å². The molecule has 0 amide bonds. The first-order chi connectivity index (χ1) is 20.9. The van der Waals surface area contributed by atoms with Gasteiger partial charge in [-0.25, -0.2) is 4.79 Å². The zero-order valence-electron chi connectivity index (χ0n) is 23.5. The average Bonchev–Trinajstić information content (AvgIpc) is 3.43. The van der Waals surface area contributed by atoms with Gasteiger partial charge >= 0.3 is 5.97 Å². The normalized spacial score (nSPS) is 18.1. The largest absolute Gasteiger partial charge is 0.451 e. The number of rotatable bonds is 8. The lowest BCUT2D eigenvalue weighted by atomic mass is 9.85. The lowest BCUT2D eigenvalue weighted by Gasteiger charge is -2.43. The Kier molecular flexibility index (Phi) is 8.03. The van der Waals surface area contributed by atoms with Crippen molar-refractivity contribution in [3.05, 3.63) is 167 Å². The Morgan fingerprint density at radius 2 is 1.19 bits per heavy atom. The van der Waals surface area contributed by atoms with Crippen molar-refractivity contribution in [1.29, 1.82) is 0 Å². The van der Waals surface area contributed by atoms with Crippen LogP contribution >= 0.6 is 18.9 Å². The molecule has 5 aromatic carbocycles. The van der Waals surface area contributed by atoms with Crippen LogP contribution in [0.2, 0.25) is 5.02 Å². The number of benzene rings is 5. The standard InChI is InChI=1S/C36H30ClN2O3P/c1-36(29-22-24-30(37)25-23-29)34(35(40)42-33(27-14-6-2-7-15-27)28-16-8-3-9-17-28)38-26-39(36)43(41,31-18-10-4-11-19-31)32-20-12-5-13-21-32/h2-26,33-34H,1H3/t34-,36-/m0/s1. The van der Waals surface area contributed by atoms with Crippen molar-refractivity contribution in [1.82, 2.24) is 4.67 Å². The van der Waals surface area contributed by atoms with E-state index in [9.17, 15) is 4.79 Å². The van der Waals surface area contributed by atoms with Crippen LogP contribution in [-0.4, -0.2) is 23.0 Å². The number of aliphatic imine (C=N–C) groups is 1. The molecule has 0 aromatic heterocycles. The molecular formula is C36H30ClN2O3P. The molecule has 0 saturated carbocycles. The Morgan fingerprint density at radius 1 is 0.744 bits per heavy atom. The van der Waals surface area contributed by atoms with Crippen LogP contribution in [0.25, 0.3) is 0 Å². The number of carbonyl (C=O) groups excluding carboxylic acids is 1. The minimum absolute atomic E-state index is 0.526. The molecule has 0 fully saturated rings. The van der Waals surface area contributed by atoms with E-state index in [1.54, 1.807) is 23.1 Å². The van der Waals surface area contributed by atoms with Gasteiger partial charge in [0.25, 0.3) is 0 Å². The summed E-state index contributed by atoms with van der Waals surface area (Å²) in [4.78, 5) is 19.1. The topological polar surface area (TPSA) is 59.0 Å². The highest BCUT2D eigenvalue weighted by Crippen LogP contribution is 2.57. The fourth-order valence-electron chi connectivity index (χ4n) is 5.68. The van der Waals surface area contributed by atoms with Crippen molar-refractivity contribution in [3.8, 4) is 0 Å². The number of halogens is 1. The summed E-state index contributed by atoms with van der Waals surface area (Å²) in [6.45, 7) is 1.90. The Bertz CT molecular complexity index is 1690. The van der Waals surface area contributed by atoms with Crippen molar-refractivity contribution in [2.24, 2.45) is 4.99 Å². The molecule has 1 heterocycles. The van der Waals surface area contributed by atoms with Gasteiger partial charge in [-0.1, -0.05) is 121 Å². The van der Waals surface area contributed by atoms with Crippen molar-refractivity contribution in [3.63, 3.8) is 0 Å². The number of ether oxygens (including phenoxy) is 1. The number of hydrogen-bond donors (Lipinski definition) is 0. The quantitative estimate of drug-likeness (QED) is 0.136. The summed E-state index contributed by atoms with van der Waals surface area (Å²) in [5.74, 6) is -0.526. The third-order valence-corrected chi connectivity index (χ3v) is 11.3. The van der Waals surface area contributed by atoms with Gasteiger partial charge in [-0.05, 0) is 60.0 Å². The Balaban J connectivity index is 1.47. The maximum absolute atomic E-state index is 15.6. The van der Waals surface area contributed by atoms with E-state index >= 15 is 4.57 Å². The predicted molar refractivity (Wildman–Crippen MR) is 174 cm³/mol. The Morgan fingerprint density at radius 3 is 1.65 bits per heavy atom. The van der Waals surface area contributed by atoms with E-state index in [0.717, 1.165) is 16.7 Å². The maximum Gasteiger partial charge on any atom is 0.334 e. The van der Waals surface area contributed by atoms with Gasteiger partial charge in [-0.2, -0.15) is 0 Å². The molecule has 0 saturated heterocycles. The average molecular weight is 605 g/mol. The van der Waals surface area contributed by atoms with E-state index < -0.39 is 30.9 Å². The molecule has 0 spiro atoms. The van der Waals surface area contributed by atoms with Crippen LogP contribution in [-0.2, 0) is 19.6 Å². The monoisotopic (exact) mass is 604 g/mol. The van der Waals surface area contributed by atoms with Gasteiger partial charge < -0.3 is 4.74 Å². The Hall–Kier alpha value is -4.44. The third-order valence-electron chi connectivity index (χ3n) is 7.94. The first kappa shape index (κ1) is 28.7. The first-order valence-corrected chi connectivity index (χ1v) is 16.1. The van der Waals surface area contributed by atoms with E-state index in [1.165, 1.54) is 0 Å². The van der Waals surface area contributed by atoms with E-state index in [-0.39, 0.29) is 0 Å².